The molecule has 0 aromatic heterocycles. The fourth-order valence-corrected chi connectivity index (χ4v) is 3.56. The van der Waals surface area contributed by atoms with Gasteiger partial charge in [0.25, 0.3) is 0 Å². The minimum atomic E-state index is 0.0722. The van der Waals surface area contributed by atoms with Crippen molar-refractivity contribution in [2.45, 2.75) is 19.4 Å². The van der Waals surface area contributed by atoms with Crippen LogP contribution >= 0.6 is 23.2 Å². The molecule has 1 saturated heterocycles. The van der Waals surface area contributed by atoms with E-state index in [1.54, 1.807) is 12.1 Å². The molecule has 2 aromatic carbocycles. The van der Waals surface area contributed by atoms with E-state index in [0.29, 0.717) is 18.2 Å². The van der Waals surface area contributed by atoms with E-state index in [1.165, 1.54) is 0 Å². The lowest BCUT2D eigenvalue weighted by atomic mass is 9.95. The molecule has 0 saturated carbocycles. The lowest BCUT2D eigenvalue weighted by molar-refractivity contribution is -0.126. The predicted molar refractivity (Wildman–Crippen MR) is 109 cm³/mol. The van der Waals surface area contributed by atoms with Crippen LogP contribution in [0.4, 0.5) is 0 Å². The van der Waals surface area contributed by atoms with Crippen molar-refractivity contribution in [3.63, 3.8) is 0 Å². The molecular formula is C21H24Cl2N2O2. The molecule has 27 heavy (non-hydrogen) atoms. The molecule has 4 nitrogen and oxygen atoms in total. The Morgan fingerprint density at radius 2 is 1.78 bits per heavy atom. The number of piperidine rings is 1. The van der Waals surface area contributed by atoms with E-state index in [2.05, 4.69) is 16.3 Å². The Labute approximate surface area is 170 Å². The molecule has 0 radical (unpaired) electrons. The number of likely N-dealkylation sites (tertiary alicyclic amines) is 1. The Balaban J connectivity index is 1.34. The van der Waals surface area contributed by atoms with Crippen LogP contribution in [0.3, 0.4) is 0 Å². The Morgan fingerprint density at radius 3 is 2.48 bits per heavy atom. The molecule has 3 rings (SSSR count). The molecule has 1 fully saturated rings. The molecule has 2 aromatic rings. The highest BCUT2D eigenvalue weighted by Gasteiger charge is 2.24. The number of hydrogen-bond donors (Lipinski definition) is 1. The van der Waals surface area contributed by atoms with Gasteiger partial charge < -0.3 is 10.1 Å². The van der Waals surface area contributed by atoms with Crippen LogP contribution in [0.1, 0.15) is 18.4 Å². The largest absolute Gasteiger partial charge is 0.492 e. The second-order valence-corrected chi connectivity index (χ2v) is 7.58. The van der Waals surface area contributed by atoms with Crippen LogP contribution in [0.25, 0.3) is 0 Å². The fourth-order valence-electron chi connectivity index (χ4n) is 3.24. The zero-order valence-corrected chi connectivity index (χ0v) is 16.7. The Hall–Kier alpha value is -1.75. The van der Waals surface area contributed by atoms with Crippen molar-refractivity contribution in [3.05, 3.63) is 64.1 Å². The zero-order chi connectivity index (χ0) is 19.1. The van der Waals surface area contributed by atoms with Gasteiger partial charge >= 0.3 is 0 Å². The molecule has 0 atom stereocenters. The third-order valence-electron chi connectivity index (χ3n) is 4.79. The van der Waals surface area contributed by atoms with E-state index in [0.717, 1.165) is 48.8 Å². The first-order valence-electron chi connectivity index (χ1n) is 9.23. The molecule has 144 valence electrons. The number of benzene rings is 2. The Kier molecular flexibility index (Phi) is 7.39. The SMILES string of the molecule is O=C(NCCOc1ccc(Cl)cc1)C1CCN(Cc2ccccc2Cl)CC1. The summed E-state index contributed by atoms with van der Waals surface area (Å²) in [5, 5.41) is 4.46. The summed E-state index contributed by atoms with van der Waals surface area (Å²) >= 11 is 12.1. The number of rotatable bonds is 7. The minimum absolute atomic E-state index is 0.0722. The van der Waals surface area contributed by atoms with Crippen LogP contribution in [-0.2, 0) is 11.3 Å². The fraction of sp³-hybridized carbons (Fsp3) is 0.381. The first-order chi connectivity index (χ1) is 13.1. The smallest absolute Gasteiger partial charge is 0.223 e. The first kappa shape index (κ1) is 20.0. The number of hydrogen-bond acceptors (Lipinski definition) is 3. The van der Waals surface area contributed by atoms with Crippen LogP contribution in [0.5, 0.6) is 5.75 Å². The lowest BCUT2D eigenvalue weighted by Gasteiger charge is -2.31. The van der Waals surface area contributed by atoms with Gasteiger partial charge in [-0.1, -0.05) is 41.4 Å². The third kappa shape index (κ3) is 6.13. The van der Waals surface area contributed by atoms with Gasteiger partial charge in [0.15, 0.2) is 0 Å². The van der Waals surface area contributed by atoms with Crippen LogP contribution in [0, 0.1) is 5.92 Å². The van der Waals surface area contributed by atoms with Gasteiger partial charge in [-0.25, -0.2) is 0 Å². The summed E-state index contributed by atoms with van der Waals surface area (Å²) in [6, 6.07) is 15.1. The summed E-state index contributed by atoms with van der Waals surface area (Å²) in [7, 11) is 0. The third-order valence-corrected chi connectivity index (χ3v) is 5.41. The molecule has 1 aliphatic heterocycles. The number of nitrogens with one attached hydrogen (secondary N) is 1. The van der Waals surface area contributed by atoms with E-state index in [4.69, 9.17) is 27.9 Å². The van der Waals surface area contributed by atoms with E-state index in [9.17, 15) is 4.79 Å². The molecule has 6 heteroatoms. The van der Waals surface area contributed by atoms with Gasteiger partial charge in [-0.15, -0.1) is 0 Å². The van der Waals surface area contributed by atoms with Crippen LogP contribution in [0.2, 0.25) is 10.0 Å². The number of carbonyl (C=O) groups excluding carboxylic acids is 1. The van der Waals surface area contributed by atoms with Gasteiger partial charge in [-0.3, -0.25) is 9.69 Å². The molecule has 0 spiro atoms. The summed E-state index contributed by atoms with van der Waals surface area (Å²) < 4.78 is 5.60. The quantitative estimate of drug-likeness (QED) is 0.692. The number of halogens is 2. The Morgan fingerprint density at radius 1 is 1.07 bits per heavy atom. The van der Waals surface area contributed by atoms with E-state index >= 15 is 0 Å². The van der Waals surface area contributed by atoms with E-state index < -0.39 is 0 Å². The number of amides is 1. The summed E-state index contributed by atoms with van der Waals surface area (Å²) in [5.41, 5.74) is 1.14. The summed E-state index contributed by atoms with van der Waals surface area (Å²) in [6.45, 7) is 3.60. The van der Waals surface area contributed by atoms with E-state index in [-0.39, 0.29) is 11.8 Å². The van der Waals surface area contributed by atoms with Crippen molar-refractivity contribution >= 4 is 29.1 Å². The van der Waals surface area contributed by atoms with E-state index in [1.807, 2.05) is 30.3 Å². The highest BCUT2D eigenvalue weighted by Crippen LogP contribution is 2.22. The summed E-state index contributed by atoms with van der Waals surface area (Å²) in [5.74, 6) is 0.941. The van der Waals surface area contributed by atoms with Gasteiger partial charge in [0, 0.05) is 22.5 Å². The second kappa shape index (κ2) is 9.98. The van der Waals surface area contributed by atoms with Crippen LogP contribution in [0.15, 0.2) is 48.5 Å². The second-order valence-electron chi connectivity index (χ2n) is 6.74. The van der Waals surface area contributed by atoms with Gasteiger partial charge in [0.05, 0.1) is 6.54 Å². The molecule has 0 aliphatic carbocycles. The van der Waals surface area contributed by atoms with Gasteiger partial charge in [0.2, 0.25) is 5.91 Å². The summed E-state index contributed by atoms with van der Waals surface area (Å²) in [6.07, 6.45) is 1.74. The molecule has 0 bridgehead atoms. The van der Waals surface area contributed by atoms with Gasteiger partial charge in [0.1, 0.15) is 12.4 Å². The van der Waals surface area contributed by atoms with Crippen molar-refractivity contribution in [2.75, 3.05) is 26.2 Å². The monoisotopic (exact) mass is 406 g/mol. The maximum absolute atomic E-state index is 12.3. The van der Waals surface area contributed by atoms with Crippen molar-refractivity contribution in [1.29, 1.82) is 0 Å². The number of ether oxygens (including phenoxy) is 1. The maximum atomic E-state index is 12.3. The zero-order valence-electron chi connectivity index (χ0n) is 15.2. The molecule has 1 aliphatic rings. The average Bonchev–Trinajstić information content (AvgIpc) is 2.69. The Bertz CT molecular complexity index is 744. The standard InChI is InChI=1S/C21H24Cl2N2O2/c22-18-5-7-19(8-6-18)27-14-11-24-21(26)16-9-12-25(13-10-16)15-17-3-1-2-4-20(17)23/h1-8,16H,9-15H2,(H,24,26). The highest BCUT2D eigenvalue weighted by atomic mass is 35.5. The normalized spacial score (nSPS) is 15.5. The summed E-state index contributed by atoms with van der Waals surface area (Å²) in [4.78, 5) is 14.7. The predicted octanol–water partition coefficient (Wildman–Crippen LogP) is 4.40. The molecule has 1 heterocycles. The lowest BCUT2D eigenvalue weighted by Crippen LogP contribution is -2.41. The molecule has 0 unspecified atom stereocenters. The van der Waals surface area contributed by atoms with Crippen LogP contribution in [-0.4, -0.2) is 37.0 Å². The minimum Gasteiger partial charge on any atom is -0.492 e. The van der Waals surface area contributed by atoms with Crippen molar-refractivity contribution < 1.29 is 9.53 Å². The van der Waals surface area contributed by atoms with Crippen LogP contribution < -0.4 is 10.1 Å². The first-order valence-corrected chi connectivity index (χ1v) is 9.99. The van der Waals surface area contributed by atoms with Crippen molar-refractivity contribution in [2.24, 2.45) is 5.92 Å². The average molecular weight is 407 g/mol. The molecule has 1 amide bonds. The topological polar surface area (TPSA) is 41.6 Å². The number of nitrogens with zero attached hydrogens (tertiary/aromatic N) is 1. The van der Waals surface area contributed by atoms with Crippen molar-refractivity contribution in [1.82, 2.24) is 10.2 Å². The van der Waals surface area contributed by atoms with Gasteiger partial charge in [-0.05, 0) is 61.8 Å². The van der Waals surface area contributed by atoms with Gasteiger partial charge in [-0.2, -0.15) is 0 Å². The molecule has 1 N–H and O–H groups in total. The molecular weight excluding hydrogens is 383 g/mol. The van der Waals surface area contributed by atoms with Crippen molar-refractivity contribution in [3.8, 4) is 5.75 Å². The number of carbonyl (C=O) groups is 1. The highest BCUT2D eigenvalue weighted by molar-refractivity contribution is 6.31. The maximum Gasteiger partial charge on any atom is 0.223 e.